The number of anilines is 1. The summed E-state index contributed by atoms with van der Waals surface area (Å²) in [6, 6.07) is 8.14. The largest absolute Gasteiger partial charge is 0.454 e. The van der Waals surface area contributed by atoms with Crippen LogP contribution in [0.3, 0.4) is 0 Å². The molecule has 1 aliphatic heterocycles. The van der Waals surface area contributed by atoms with E-state index in [9.17, 15) is 0 Å². The van der Waals surface area contributed by atoms with Gasteiger partial charge in [0.05, 0.1) is 10.2 Å². The number of aromatic nitrogens is 2. The number of hydrogen-bond acceptors (Lipinski definition) is 6. The van der Waals surface area contributed by atoms with Crippen LogP contribution in [0.2, 0.25) is 0 Å². The minimum atomic E-state index is 0.111. The quantitative estimate of drug-likeness (QED) is 0.768. The Bertz CT molecular complexity index is 899. The maximum Gasteiger partial charge on any atom is 0.231 e. The summed E-state index contributed by atoms with van der Waals surface area (Å²) >= 11 is 1.75. The Hall–Kier alpha value is -2.34. The Morgan fingerprint density at radius 3 is 2.79 bits per heavy atom. The molecule has 1 N–H and O–H groups in total. The van der Waals surface area contributed by atoms with E-state index in [4.69, 9.17) is 9.47 Å². The van der Waals surface area contributed by atoms with E-state index in [1.54, 1.807) is 17.7 Å². The molecule has 0 aliphatic carbocycles. The van der Waals surface area contributed by atoms with Crippen LogP contribution in [0, 0.1) is 0 Å². The van der Waals surface area contributed by atoms with Crippen LogP contribution >= 0.6 is 11.3 Å². The normalized spacial score (nSPS) is 13.5. The van der Waals surface area contributed by atoms with Gasteiger partial charge in [-0.2, -0.15) is 0 Å². The molecule has 24 heavy (non-hydrogen) atoms. The van der Waals surface area contributed by atoms with Gasteiger partial charge in [0, 0.05) is 11.4 Å². The van der Waals surface area contributed by atoms with E-state index < -0.39 is 0 Å². The van der Waals surface area contributed by atoms with Crippen LogP contribution in [-0.2, 0) is 12.0 Å². The van der Waals surface area contributed by atoms with Crippen molar-refractivity contribution in [1.82, 2.24) is 9.97 Å². The van der Waals surface area contributed by atoms with E-state index in [0.717, 1.165) is 33.1 Å². The van der Waals surface area contributed by atoms with Crippen molar-refractivity contribution in [2.24, 2.45) is 0 Å². The second kappa shape index (κ2) is 5.63. The first-order valence-electron chi connectivity index (χ1n) is 7.88. The summed E-state index contributed by atoms with van der Waals surface area (Å²) in [6.07, 6.45) is 1.61. The molecule has 0 saturated heterocycles. The van der Waals surface area contributed by atoms with Crippen LogP contribution in [0.4, 0.5) is 5.82 Å². The topological polar surface area (TPSA) is 56.3 Å². The summed E-state index contributed by atoms with van der Waals surface area (Å²) in [4.78, 5) is 10.1. The van der Waals surface area contributed by atoms with Crippen molar-refractivity contribution < 1.29 is 9.47 Å². The molecular weight excluding hydrogens is 322 g/mol. The molecule has 0 saturated carbocycles. The van der Waals surface area contributed by atoms with E-state index in [-0.39, 0.29) is 5.41 Å². The lowest BCUT2D eigenvalue weighted by Gasteiger charge is -2.14. The summed E-state index contributed by atoms with van der Waals surface area (Å²) in [7, 11) is 0. The molecule has 5 nitrogen and oxygen atoms in total. The van der Waals surface area contributed by atoms with E-state index in [2.05, 4.69) is 42.1 Å². The minimum Gasteiger partial charge on any atom is -0.454 e. The molecule has 0 fully saturated rings. The zero-order valence-corrected chi connectivity index (χ0v) is 14.7. The number of nitrogens with zero attached hydrogens (tertiary/aromatic N) is 2. The molecule has 4 rings (SSSR count). The van der Waals surface area contributed by atoms with Crippen molar-refractivity contribution in [2.75, 3.05) is 12.1 Å². The average Bonchev–Trinajstić information content (AvgIpc) is 3.18. The molecular formula is C18H19N3O2S. The van der Waals surface area contributed by atoms with Crippen molar-refractivity contribution in [3.05, 3.63) is 41.0 Å². The maximum atomic E-state index is 5.43. The van der Waals surface area contributed by atoms with Crippen LogP contribution in [0.5, 0.6) is 11.5 Å². The highest BCUT2D eigenvalue weighted by molar-refractivity contribution is 7.19. The molecule has 1 aromatic carbocycles. The molecule has 0 spiro atoms. The number of hydrogen-bond donors (Lipinski definition) is 1. The number of fused-ring (bicyclic) bond motifs is 2. The average molecular weight is 341 g/mol. The molecule has 3 heterocycles. The highest BCUT2D eigenvalue weighted by Crippen LogP contribution is 2.36. The van der Waals surface area contributed by atoms with Gasteiger partial charge in [0.25, 0.3) is 0 Å². The van der Waals surface area contributed by atoms with Gasteiger partial charge in [-0.1, -0.05) is 26.8 Å². The van der Waals surface area contributed by atoms with Crippen molar-refractivity contribution in [3.8, 4) is 11.5 Å². The van der Waals surface area contributed by atoms with Gasteiger partial charge in [0.1, 0.15) is 12.1 Å². The van der Waals surface area contributed by atoms with E-state index >= 15 is 0 Å². The molecule has 124 valence electrons. The third-order valence-corrected chi connectivity index (χ3v) is 5.50. The zero-order chi connectivity index (χ0) is 16.7. The highest BCUT2D eigenvalue weighted by Gasteiger charge is 2.19. The van der Waals surface area contributed by atoms with Crippen molar-refractivity contribution in [2.45, 2.75) is 32.7 Å². The smallest absolute Gasteiger partial charge is 0.231 e. The van der Waals surface area contributed by atoms with Crippen LogP contribution in [0.1, 0.15) is 31.2 Å². The molecule has 2 aromatic heterocycles. The van der Waals surface area contributed by atoms with Gasteiger partial charge in [0.15, 0.2) is 11.5 Å². The van der Waals surface area contributed by atoms with Gasteiger partial charge in [-0.3, -0.25) is 0 Å². The summed E-state index contributed by atoms with van der Waals surface area (Å²) in [5.74, 6) is 2.47. The predicted octanol–water partition coefficient (Wildman–Crippen LogP) is 4.33. The van der Waals surface area contributed by atoms with E-state index in [0.29, 0.717) is 13.3 Å². The third kappa shape index (κ3) is 2.78. The van der Waals surface area contributed by atoms with Crippen LogP contribution < -0.4 is 14.8 Å². The predicted molar refractivity (Wildman–Crippen MR) is 96.0 cm³/mol. The van der Waals surface area contributed by atoms with Crippen LogP contribution in [-0.4, -0.2) is 16.8 Å². The summed E-state index contributed by atoms with van der Waals surface area (Å²) in [6.45, 7) is 7.61. The van der Waals surface area contributed by atoms with Gasteiger partial charge in [-0.15, -0.1) is 11.3 Å². The molecule has 0 atom stereocenters. The third-order valence-electron chi connectivity index (χ3n) is 3.95. The SMILES string of the molecule is CC(C)(C)c1cc2ncnc(NCc3ccc4c(c3)OCO4)c2s1. The summed E-state index contributed by atoms with van der Waals surface area (Å²) in [5.41, 5.74) is 2.23. The first-order chi connectivity index (χ1) is 11.5. The zero-order valence-electron chi connectivity index (χ0n) is 13.9. The Kier molecular flexibility index (Phi) is 3.57. The van der Waals surface area contributed by atoms with E-state index in [1.165, 1.54) is 4.88 Å². The number of rotatable bonds is 3. The molecule has 0 radical (unpaired) electrons. The first kappa shape index (κ1) is 15.2. The monoisotopic (exact) mass is 341 g/mol. The molecule has 0 amide bonds. The Morgan fingerprint density at radius 2 is 1.96 bits per heavy atom. The summed E-state index contributed by atoms with van der Waals surface area (Å²) < 4.78 is 11.9. The standard InChI is InChI=1S/C18H19N3O2S/c1-18(2,3)15-7-12-16(24-15)17(21-9-20-12)19-8-11-4-5-13-14(6-11)23-10-22-13/h4-7,9H,8,10H2,1-3H3,(H,19,20,21). The van der Waals surface area contributed by atoms with Gasteiger partial charge >= 0.3 is 0 Å². The summed E-state index contributed by atoms with van der Waals surface area (Å²) in [5, 5.41) is 3.42. The number of nitrogens with one attached hydrogen (secondary N) is 1. The van der Waals surface area contributed by atoms with Gasteiger partial charge in [-0.25, -0.2) is 9.97 Å². The Balaban J connectivity index is 1.59. The molecule has 0 unspecified atom stereocenters. The molecule has 6 heteroatoms. The fourth-order valence-corrected chi connectivity index (χ4v) is 3.72. The second-order valence-corrected chi connectivity index (χ2v) is 7.89. The van der Waals surface area contributed by atoms with Gasteiger partial charge in [0.2, 0.25) is 6.79 Å². The Morgan fingerprint density at radius 1 is 1.12 bits per heavy atom. The highest BCUT2D eigenvalue weighted by atomic mass is 32.1. The molecule has 3 aromatic rings. The van der Waals surface area contributed by atoms with Crippen molar-refractivity contribution >= 4 is 27.4 Å². The lowest BCUT2D eigenvalue weighted by molar-refractivity contribution is 0.174. The number of thiophene rings is 1. The lowest BCUT2D eigenvalue weighted by atomic mass is 9.95. The number of ether oxygens (including phenoxy) is 2. The van der Waals surface area contributed by atoms with Crippen molar-refractivity contribution in [1.29, 1.82) is 0 Å². The van der Waals surface area contributed by atoms with Crippen LogP contribution in [0.25, 0.3) is 10.2 Å². The Labute approximate surface area is 144 Å². The van der Waals surface area contributed by atoms with Crippen molar-refractivity contribution in [3.63, 3.8) is 0 Å². The second-order valence-electron chi connectivity index (χ2n) is 6.84. The first-order valence-corrected chi connectivity index (χ1v) is 8.70. The van der Waals surface area contributed by atoms with Gasteiger partial charge in [-0.05, 0) is 29.2 Å². The number of benzene rings is 1. The minimum absolute atomic E-state index is 0.111. The van der Waals surface area contributed by atoms with E-state index in [1.807, 2.05) is 18.2 Å². The molecule has 1 aliphatic rings. The van der Waals surface area contributed by atoms with Crippen LogP contribution in [0.15, 0.2) is 30.6 Å². The van der Waals surface area contributed by atoms with Gasteiger partial charge < -0.3 is 14.8 Å². The lowest BCUT2D eigenvalue weighted by Crippen LogP contribution is -2.07. The molecule has 0 bridgehead atoms. The fourth-order valence-electron chi connectivity index (χ4n) is 2.59. The maximum absolute atomic E-state index is 5.43. The fraction of sp³-hybridized carbons (Fsp3) is 0.333.